The Bertz CT molecular complexity index is 1140. The number of hydrogen-bond donors (Lipinski definition) is 2. The summed E-state index contributed by atoms with van der Waals surface area (Å²) in [4.78, 5) is 12.4. The van der Waals surface area contributed by atoms with Gasteiger partial charge in [0.2, 0.25) is 5.95 Å². The second kappa shape index (κ2) is 7.97. The highest BCUT2D eigenvalue weighted by Gasteiger charge is 2.32. The van der Waals surface area contributed by atoms with E-state index in [4.69, 9.17) is 0 Å². The van der Waals surface area contributed by atoms with Crippen molar-refractivity contribution in [2.24, 2.45) is 7.05 Å². The van der Waals surface area contributed by atoms with Gasteiger partial charge in [-0.05, 0) is 24.1 Å². The SMILES string of the molecule is Cn1ncc2c(Nc3ccc(C(F)(F)F)nc3)nc(NCCc3ccccc3)nc21. The average molecular weight is 413 g/mol. The van der Waals surface area contributed by atoms with E-state index in [2.05, 4.69) is 30.7 Å². The van der Waals surface area contributed by atoms with Gasteiger partial charge < -0.3 is 10.6 Å². The lowest BCUT2D eigenvalue weighted by Gasteiger charge is -2.11. The van der Waals surface area contributed by atoms with Crippen LogP contribution in [-0.2, 0) is 19.6 Å². The number of anilines is 3. The number of aryl methyl sites for hydroxylation is 1. The molecule has 0 aliphatic heterocycles. The standard InChI is InChI=1S/C20H18F3N7/c1-30-18-15(12-26-30)17(27-14-7-8-16(25-11-14)20(21,22)23)28-19(29-18)24-10-9-13-5-3-2-4-6-13/h2-8,11-12H,9-10H2,1H3,(H2,24,27,28,29). The van der Waals surface area contributed by atoms with E-state index >= 15 is 0 Å². The maximum atomic E-state index is 12.7. The quantitative estimate of drug-likeness (QED) is 0.494. The van der Waals surface area contributed by atoms with Crippen molar-refractivity contribution >= 4 is 28.5 Å². The summed E-state index contributed by atoms with van der Waals surface area (Å²) in [5, 5.41) is 11.0. The third kappa shape index (κ3) is 4.32. The van der Waals surface area contributed by atoms with Crippen molar-refractivity contribution in [1.29, 1.82) is 0 Å². The van der Waals surface area contributed by atoms with Gasteiger partial charge in [-0.25, -0.2) is 4.98 Å². The minimum atomic E-state index is -4.49. The third-order valence-corrected chi connectivity index (χ3v) is 4.45. The smallest absolute Gasteiger partial charge is 0.354 e. The summed E-state index contributed by atoms with van der Waals surface area (Å²) < 4.78 is 39.8. The van der Waals surface area contributed by atoms with Crippen molar-refractivity contribution < 1.29 is 13.2 Å². The Hall–Kier alpha value is -3.69. The summed E-state index contributed by atoms with van der Waals surface area (Å²) >= 11 is 0. The summed E-state index contributed by atoms with van der Waals surface area (Å²) in [6.07, 6.45) is -0.975. The molecular formula is C20H18F3N7. The molecule has 7 nitrogen and oxygen atoms in total. The number of nitrogens with one attached hydrogen (secondary N) is 2. The van der Waals surface area contributed by atoms with E-state index in [1.165, 1.54) is 11.6 Å². The van der Waals surface area contributed by atoms with Crippen LogP contribution in [0.25, 0.3) is 11.0 Å². The van der Waals surface area contributed by atoms with Gasteiger partial charge in [-0.15, -0.1) is 0 Å². The topological polar surface area (TPSA) is 80.5 Å². The van der Waals surface area contributed by atoms with Crippen LogP contribution in [0.2, 0.25) is 0 Å². The molecule has 0 fully saturated rings. The molecule has 4 aromatic rings. The number of halogens is 3. The second-order valence-electron chi connectivity index (χ2n) is 6.62. The van der Waals surface area contributed by atoms with Crippen LogP contribution >= 0.6 is 0 Å². The molecule has 30 heavy (non-hydrogen) atoms. The molecule has 10 heteroatoms. The molecule has 0 radical (unpaired) electrons. The monoisotopic (exact) mass is 413 g/mol. The van der Waals surface area contributed by atoms with Gasteiger partial charge in [0.05, 0.1) is 23.5 Å². The molecule has 4 rings (SSSR count). The van der Waals surface area contributed by atoms with Crippen molar-refractivity contribution in [1.82, 2.24) is 24.7 Å². The molecule has 0 amide bonds. The minimum absolute atomic E-state index is 0.377. The normalized spacial score (nSPS) is 11.6. The molecule has 0 atom stereocenters. The van der Waals surface area contributed by atoms with Gasteiger partial charge in [0.15, 0.2) is 5.65 Å². The fourth-order valence-electron chi connectivity index (χ4n) is 2.93. The highest BCUT2D eigenvalue weighted by atomic mass is 19.4. The zero-order chi connectivity index (χ0) is 21.1. The fraction of sp³-hybridized carbons (Fsp3) is 0.200. The Balaban J connectivity index is 1.56. The van der Waals surface area contributed by atoms with Crippen LogP contribution in [0.4, 0.5) is 30.6 Å². The highest BCUT2D eigenvalue weighted by Crippen LogP contribution is 2.29. The van der Waals surface area contributed by atoms with E-state index in [-0.39, 0.29) is 0 Å². The Kier molecular flexibility index (Phi) is 5.21. The predicted molar refractivity (Wildman–Crippen MR) is 107 cm³/mol. The van der Waals surface area contributed by atoms with E-state index in [0.29, 0.717) is 35.0 Å². The van der Waals surface area contributed by atoms with E-state index in [0.717, 1.165) is 18.7 Å². The Morgan fingerprint density at radius 3 is 2.50 bits per heavy atom. The first kappa shape index (κ1) is 19.6. The Morgan fingerprint density at radius 1 is 1.00 bits per heavy atom. The maximum Gasteiger partial charge on any atom is 0.433 e. The number of hydrogen-bond acceptors (Lipinski definition) is 6. The number of alkyl halides is 3. The van der Waals surface area contributed by atoms with E-state index < -0.39 is 11.9 Å². The molecule has 3 aromatic heterocycles. The molecule has 2 N–H and O–H groups in total. The molecule has 1 aromatic carbocycles. The molecule has 0 saturated heterocycles. The lowest BCUT2D eigenvalue weighted by atomic mass is 10.1. The number of nitrogens with zero attached hydrogens (tertiary/aromatic N) is 5. The van der Waals surface area contributed by atoms with Gasteiger partial charge in [0.25, 0.3) is 0 Å². The summed E-state index contributed by atoms with van der Waals surface area (Å²) in [7, 11) is 1.76. The highest BCUT2D eigenvalue weighted by molar-refractivity contribution is 5.89. The van der Waals surface area contributed by atoms with Crippen LogP contribution in [0.5, 0.6) is 0 Å². The molecule has 0 spiro atoms. The van der Waals surface area contributed by atoms with Gasteiger partial charge in [-0.1, -0.05) is 30.3 Å². The number of fused-ring (bicyclic) bond motifs is 1. The summed E-state index contributed by atoms with van der Waals surface area (Å²) in [5.41, 5.74) is 1.20. The Labute approximate surface area is 170 Å². The number of pyridine rings is 1. The number of benzene rings is 1. The summed E-state index contributed by atoms with van der Waals surface area (Å²) in [5.74, 6) is 0.821. The van der Waals surface area contributed by atoms with Crippen molar-refractivity contribution in [2.75, 3.05) is 17.2 Å². The fourth-order valence-corrected chi connectivity index (χ4v) is 2.93. The average Bonchev–Trinajstić information content (AvgIpc) is 3.10. The molecule has 0 aliphatic carbocycles. The summed E-state index contributed by atoms with van der Waals surface area (Å²) in [6, 6.07) is 12.2. The maximum absolute atomic E-state index is 12.7. The van der Waals surface area contributed by atoms with Crippen molar-refractivity contribution in [3.8, 4) is 0 Å². The van der Waals surface area contributed by atoms with Crippen LogP contribution in [0.3, 0.4) is 0 Å². The lowest BCUT2D eigenvalue weighted by molar-refractivity contribution is -0.141. The lowest BCUT2D eigenvalue weighted by Crippen LogP contribution is -2.10. The van der Waals surface area contributed by atoms with Gasteiger partial charge >= 0.3 is 6.18 Å². The predicted octanol–water partition coefficient (Wildman–Crippen LogP) is 4.18. The van der Waals surface area contributed by atoms with Crippen LogP contribution in [0, 0.1) is 0 Å². The Morgan fingerprint density at radius 2 is 1.80 bits per heavy atom. The second-order valence-corrected chi connectivity index (χ2v) is 6.62. The van der Waals surface area contributed by atoms with Crippen LogP contribution in [0.1, 0.15) is 11.3 Å². The largest absolute Gasteiger partial charge is 0.433 e. The number of aromatic nitrogens is 5. The van der Waals surface area contributed by atoms with Crippen molar-refractivity contribution in [2.45, 2.75) is 12.6 Å². The zero-order valence-corrected chi connectivity index (χ0v) is 16.0. The summed E-state index contributed by atoms with van der Waals surface area (Å²) in [6.45, 7) is 0.620. The van der Waals surface area contributed by atoms with E-state index in [1.807, 2.05) is 30.3 Å². The first-order valence-electron chi connectivity index (χ1n) is 9.18. The molecule has 0 bridgehead atoms. The minimum Gasteiger partial charge on any atom is -0.354 e. The number of rotatable bonds is 6. The zero-order valence-electron chi connectivity index (χ0n) is 16.0. The van der Waals surface area contributed by atoms with E-state index in [1.54, 1.807) is 17.9 Å². The molecule has 3 heterocycles. The molecule has 0 saturated carbocycles. The van der Waals surface area contributed by atoms with Crippen LogP contribution < -0.4 is 10.6 Å². The van der Waals surface area contributed by atoms with Gasteiger partial charge in [0.1, 0.15) is 11.5 Å². The molecular weight excluding hydrogens is 395 g/mol. The van der Waals surface area contributed by atoms with E-state index in [9.17, 15) is 13.2 Å². The van der Waals surface area contributed by atoms with Gasteiger partial charge in [-0.3, -0.25) is 4.68 Å². The van der Waals surface area contributed by atoms with Crippen LogP contribution in [-0.4, -0.2) is 31.3 Å². The van der Waals surface area contributed by atoms with Gasteiger partial charge in [-0.2, -0.15) is 28.2 Å². The first-order valence-corrected chi connectivity index (χ1v) is 9.18. The van der Waals surface area contributed by atoms with Gasteiger partial charge in [0, 0.05) is 13.6 Å². The molecule has 0 unspecified atom stereocenters. The first-order chi connectivity index (χ1) is 14.4. The molecule has 154 valence electrons. The van der Waals surface area contributed by atoms with Crippen molar-refractivity contribution in [3.63, 3.8) is 0 Å². The van der Waals surface area contributed by atoms with Crippen molar-refractivity contribution in [3.05, 3.63) is 66.1 Å². The molecule has 0 aliphatic rings. The van der Waals surface area contributed by atoms with Crippen LogP contribution in [0.15, 0.2) is 54.9 Å². The third-order valence-electron chi connectivity index (χ3n) is 4.45.